The van der Waals surface area contributed by atoms with E-state index in [1.165, 1.54) is 0 Å². The van der Waals surface area contributed by atoms with Crippen molar-refractivity contribution in [1.29, 1.82) is 0 Å². The molecule has 0 aliphatic rings. The predicted molar refractivity (Wildman–Crippen MR) is 98.5 cm³/mol. The van der Waals surface area contributed by atoms with Crippen molar-refractivity contribution < 1.29 is 4.79 Å². The van der Waals surface area contributed by atoms with E-state index in [0.717, 1.165) is 28.6 Å². The van der Waals surface area contributed by atoms with Crippen LogP contribution in [0.25, 0.3) is 11.2 Å². The molecule has 3 heterocycles. The molecule has 3 aromatic heterocycles. The first kappa shape index (κ1) is 17.5. The highest BCUT2D eigenvalue weighted by atomic mass is 32.2. The number of thioether (sulfide) groups is 1. The van der Waals surface area contributed by atoms with Crippen molar-refractivity contribution in [1.82, 2.24) is 29.4 Å². The third-order valence-corrected chi connectivity index (χ3v) is 4.68. The van der Waals surface area contributed by atoms with Crippen LogP contribution in [0.1, 0.15) is 29.9 Å². The molecule has 0 radical (unpaired) electrons. The van der Waals surface area contributed by atoms with Crippen LogP contribution < -0.4 is 5.32 Å². The number of carbonyl (C=O) groups excluding carboxylic acids is 1. The second kappa shape index (κ2) is 7.26. The highest BCUT2D eigenvalue weighted by molar-refractivity contribution is 7.98. The Bertz CT molecular complexity index is 898. The molecule has 1 amide bonds. The first-order valence-electron chi connectivity index (χ1n) is 8.13. The van der Waals surface area contributed by atoms with E-state index in [4.69, 9.17) is 0 Å². The fourth-order valence-electron chi connectivity index (χ4n) is 2.65. The molecule has 0 fully saturated rings. The quantitative estimate of drug-likeness (QED) is 0.685. The summed E-state index contributed by atoms with van der Waals surface area (Å²) in [5.74, 6) is 0.340. The summed E-state index contributed by atoms with van der Waals surface area (Å²) in [5, 5.41) is 3.83. The van der Waals surface area contributed by atoms with Gasteiger partial charge in [0.2, 0.25) is 0 Å². The van der Waals surface area contributed by atoms with Crippen LogP contribution in [0.5, 0.6) is 0 Å². The molecule has 0 saturated carbocycles. The second-order valence-corrected chi connectivity index (χ2v) is 7.11. The summed E-state index contributed by atoms with van der Waals surface area (Å²) < 4.78 is 3.99. The third kappa shape index (κ3) is 3.68. The van der Waals surface area contributed by atoms with Gasteiger partial charge in [0.15, 0.2) is 10.8 Å². The molecular weight excluding hydrogens is 336 g/mol. The van der Waals surface area contributed by atoms with Crippen molar-refractivity contribution in [3.05, 3.63) is 36.0 Å². The zero-order valence-corrected chi connectivity index (χ0v) is 15.7. The van der Waals surface area contributed by atoms with Crippen LogP contribution in [0.4, 0.5) is 0 Å². The number of rotatable bonds is 6. The van der Waals surface area contributed by atoms with E-state index in [9.17, 15) is 4.79 Å². The van der Waals surface area contributed by atoms with Gasteiger partial charge in [0.05, 0.1) is 30.3 Å². The molecule has 0 aromatic carbocycles. The zero-order valence-electron chi connectivity index (χ0n) is 14.9. The van der Waals surface area contributed by atoms with E-state index in [2.05, 4.69) is 34.1 Å². The highest BCUT2D eigenvalue weighted by Crippen LogP contribution is 2.15. The number of fused-ring (bicyclic) bond motifs is 1. The summed E-state index contributed by atoms with van der Waals surface area (Å²) in [6.07, 6.45) is 7.14. The van der Waals surface area contributed by atoms with Gasteiger partial charge in [0.1, 0.15) is 5.52 Å². The average Bonchev–Trinajstić information content (AvgIpc) is 3.15. The van der Waals surface area contributed by atoms with Crippen molar-refractivity contribution >= 4 is 28.8 Å². The SMILES string of the molecule is CSc1ncc(CNC(=O)c2cnc3c(c2)ncn3CC(C)C)n1C. The first-order chi connectivity index (χ1) is 12.0. The number of pyridine rings is 1. The molecule has 7 nitrogen and oxygen atoms in total. The van der Waals surface area contributed by atoms with Gasteiger partial charge in [-0.05, 0) is 18.2 Å². The Hall–Kier alpha value is -2.35. The number of imidazole rings is 2. The number of amides is 1. The Morgan fingerprint density at radius 3 is 2.76 bits per heavy atom. The Morgan fingerprint density at radius 1 is 1.28 bits per heavy atom. The molecule has 0 aliphatic heterocycles. The van der Waals surface area contributed by atoms with E-state index in [0.29, 0.717) is 18.0 Å². The van der Waals surface area contributed by atoms with Crippen LogP contribution in [0, 0.1) is 5.92 Å². The van der Waals surface area contributed by atoms with Gasteiger partial charge in [-0.1, -0.05) is 25.6 Å². The molecule has 25 heavy (non-hydrogen) atoms. The molecule has 3 rings (SSSR count). The summed E-state index contributed by atoms with van der Waals surface area (Å²) in [7, 11) is 1.94. The zero-order chi connectivity index (χ0) is 18.0. The minimum absolute atomic E-state index is 0.167. The Morgan fingerprint density at radius 2 is 2.08 bits per heavy atom. The minimum Gasteiger partial charge on any atom is -0.346 e. The van der Waals surface area contributed by atoms with Gasteiger partial charge < -0.3 is 14.5 Å². The lowest BCUT2D eigenvalue weighted by atomic mass is 10.2. The van der Waals surface area contributed by atoms with E-state index in [1.54, 1.807) is 36.5 Å². The number of carbonyl (C=O) groups is 1. The fourth-order valence-corrected chi connectivity index (χ4v) is 3.20. The molecule has 8 heteroatoms. The lowest BCUT2D eigenvalue weighted by molar-refractivity contribution is 0.0950. The number of aromatic nitrogens is 5. The van der Waals surface area contributed by atoms with E-state index in [-0.39, 0.29) is 5.91 Å². The molecule has 0 saturated heterocycles. The Kier molecular flexibility index (Phi) is 5.08. The van der Waals surface area contributed by atoms with Crippen LogP contribution in [-0.2, 0) is 20.1 Å². The van der Waals surface area contributed by atoms with Crippen LogP contribution in [0.2, 0.25) is 0 Å². The summed E-state index contributed by atoms with van der Waals surface area (Å²) in [5.41, 5.74) is 3.00. The molecule has 132 valence electrons. The smallest absolute Gasteiger partial charge is 0.253 e. The number of nitrogens with one attached hydrogen (secondary N) is 1. The lowest BCUT2D eigenvalue weighted by Crippen LogP contribution is -2.24. The maximum absolute atomic E-state index is 12.4. The maximum atomic E-state index is 12.4. The summed E-state index contributed by atoms with van der Waals surface area (Å²) >= 11 is 1.57. The average molecular weight is 358 g/mol. The standard InChI is InChI=1S/C17H22N6OS/c1-11(2)9-23-10-21-14-5-12(6-18-15(14)23)16(24)19-7-13-8-20-17(25-4)22(13)3/h5-6,8,10-11H,7,9H2,1-4H3,(H,19,24). The molecule has 0 atom stereocenters. The van der Waals surface area contributed by atoms with E-state index < -0.39 is 0 Å². The van der Waals surface area contributed by atoms with Gasteiger partial charge >= 0.3 is 0 Å². The molecule has 0 spiro atoms. The van der Waals surface area contributed by atoms with Crippen LogP contribution in [0.3, 0.4) is 0 Å². The van der Waals surface area contributed by atoms with Gasteiger partial charge in [-0.3, -0.25) is 4.79 Å². The van der Waals surface area contributed by atoms with Crippen molar-refractivity contribution in [2.24, 2.45) is 13.0 Å². The molecule has 0 bridgehead atoms. The van der Waals surface area contributed by atoms with Crippen LogP contribution >= 0.6 is 11.8 Å². The van der Waals surface area contributed by atoms with Crippen molar-refractivity contribution in [3.8, 4) is 0 Å². The minimum atomic E-state index is -0.167. The van der Waals surface area contributed by atoms with E-state index >= 15 is 0 Å². The topological polar surface area (TPSA) is 77.6 Å². The van der Waals surface area contributed by atoms with Gasteiger partial charge in [-0.2, -0.15) is 0 Å². The maximum Gasteiger partial charge on any atom is 0.253 e. The Balaban J connectivity index is 1.72. The molecular formula is C17H22N6OS. The van der Waals surface area contributed by atoms with Crippen LogP contribution in [0.15, 0.2) is 29.9 Å². The number of hydrogen-bond donors (Lipinski definition) is 1. The van der Waals surface area contributed by atoms with Gasteiger partial charge in [0, 0.05) is 19.8 Å². The second-order valence-electron chi connectivity index (χ2n) is 6.34. The first-order valence-corrected chi connectivity index (χ1v) is 9.35. The molecule has 0 aliphatic carbocycles. The van der Waals surface area contributed by atoms with Gasteiger partial charge in [-0.25, -0.2) is 15.0 Å². The van der Waals surface area contributed by atoms with Crippen molar-refractivity contribution in [2.75, 3.05) is 6.26 Å². The summed E-state index contributed by atoms with van der Waals surface area (Å²) in [6.45, 7) is 5.57. The third-order valence-electron chi connectivity index (χ3n) is 3.93. The van der Waals surface area contributed by atoms with Crippen LogP contribution in [-0.4, -0.2) is 36.2 Å². The largest absolute Gasteiger partial charge is 0.346 e. The number of hydrogen-bond acceptors (Lipinski definition) is 5. The Labute approximate surface area is 150 Å². The fraction of sp³-hybridized carbons (Fsp3) is 0.412. The van der Waals surface area contributed by atoms with Gasteiger partial charge in [-0.15, -0.1) is 0 Å². The molecule has 1 N–H and O–H groups in total. The van der Waals surface area contributed by atoms with E-state index in [1.807, 2.05) is 22.4 Å². The molecule has 0 unspecified atom stereocenters. The molecule has 3 aromatic rings. The summed E-state index contributed by atoms with van der Waals surface area (Å²) in [6, 6.07) is 1.78. The normalized spacial score (nSPS) is 11.4. The monoisotopic (exact) mass is 358 g/mol. The number of nitrogens with zero attached hydrogens (tertiary/aromatic N) is 5. The summed E-state index contributed by atoms with van der Waals surface area (Å²) in [4.78, 5) is 25.5. The highest BCUT2D eigenvalue weighted by Gasteiger charge is 2.12. The van der Waals surface area contributed by atoms with Gasteiger partial charge in [0.25, 0.3) is 5.91 Å². The lowest BCUT2D eigenvalue weighted by Gasteiger charge is -2.08. The van der Waals surface area contributed by atoms with Crippen molar-refractivity contribution in [2.45, 2.75) is 32.1 Å². The predicted octanol–water partition coefficient (Wildman–Crippen LogP) is 2.47. The van der Waals surface area contributed by atoms with Crippen molar-refractivity contribution in [3.63, 3.8) is 0 Å².